The summed E-state index contributed by atoms with van der Waals surface area (Å²) >= 11 is 0. The van der Waals surface area contributed by atoms with Gasteiger partial charge in [0, 0.05) is 17.6 Å². The molecule has 0 aliphatic heterocycles. The van der Waals surface area contributed by atoms with Crippen molar-refractivity contribution in [3.05, 3.63) is 18.5 Å². The minimum atomic E-state index is -0.378. The first-order valence-corrected chi connectivity index (χ1v) is 7.27. The Hall–Kier alpha value is -2.64. The second-order valence-electron chi connectivity index (χ2n) is 5.56. The lowest BCUT2D eigenvalue weighted by Gasteiger charge is -2.14. The molecule has 4 rings (SSSR count). The van der Waals surface area contributed by atoms with Gasteiger partial charge in [-0.1, -0.05) is 0 Å². The number of aromatic nitrogens is 5. The molecule has 3 aromatic rings. The Morgan fingerprint density at radius 1 is 1.45 bits per heavy atom. The van der Waals surface area contributed by atoms with E-state index in [1.165, 1.54) is 7.11 Å². The summed E-state index contributed by atoms with van der Waals surface area (Å²) in [6, 6.07) is 2.33. The van der Waals surface area contributed by atoms with Gasteiger partial charge in [0.05, 0.1) is 24.9 Å². The van der Waals surface area contributed by atoms with Gasteiger partial charge in [0.2, 0.25) is 0 Å². The molecule has 8 nitrogen and oxygen atoms in total. The minimum absolute atomic E-state index is 0.124. The van der Waals surface area contributed by atoms with E-state index in [0.717, 1.165) is 41.3 Å². The van der Waals surface area contributed by atoms with Crippen molar-refractivity contribution >= 4 is 28.2 Å². The summed E-state index contributed by atoms with van der Waals surface area (Å²) in [6.45, 7) is 0. The number of nitrogens with one attached hydrogen (secondary N) is 2. The molecule has 0 radical (unpaired) electrons. The number of nitrogens with zero attached hydrogens (tertiary/aromatic N) is 4. The van der Waals surface area contributed by atoms with Crippen LogP contribution in [0.5, 0.6) is 0 Å². The highest BCUT2D eigenvalue weighted by Crippen LogP contribution is 2.33. The predicted octanol–water partition coefficient (Wildman–Crippen LogP) is 1.76. The normalized spacial score (nSPS) is 21.5. The largest absolute Gasteiger partial charge is 0.453 e. The third-order valence-electron chi connectivity index (χ3n) is 4.28. The van der Waals surface area contributed by atoms with Crippen LogP contribution in [-0.4, -0.2) is 44.2 Å². The number of carbonyl (C=O) groups is 1. The molecular weight excluding hydrogens is 284 g/mol. The second-order valence-corrected chi connectivity index (χ2v) is 5.56. The Bertz CT molecular complexity index is 838. The van der Waals surface area contributed by atoms with Gasteiger partial charge in [0.1, 0.15) is 5.52 Å². The van der Waals surface area contributed by atoms with E-state index in [1.807, 2.05) is 6.07 Å². The quantitative estimate of drug-likeness (QED) is 0.751. The number of ether oxygens (including phenoxy) is 1. The van der Waals surface area contributed by atoms with E-state index < -0.39 is 0 Å². The van der Waals surface area contributed by atoms with Gasteiger partial charge in [-0.05, 0) is 25.3 Å². The maximum absolute atomic E-state index is 11.3. The summed E-state index contributed by atoms with van der Waals surface area (Å²) in [4.78, 5) is 19.9. The van der Waals surface area contributed by atoms with Crippen LogP contribution >= 0.6 is 0 Å². The third-order valence-corrected chi connectivity index (χ3v) is 4.28. The first-order chi connectivity index (χ1) is 10.8. The first kappa shape index (κ1) is 13.1. The van der Waals surface area contributed by atoms with Crippen LogP contribution in [0.25, 0.3) is 22.1 Å². The first-order valence-electron chi connectivity index (χ1n) is 7.27. The summed E-state index contributed by atoms with van der Waals surface area (Å²) in [6.07, 6.45) is 5.84. The van der Waals surface area contributed by atoms with Crippen molar-refractivity contribution in [2.24, 2.45) is 0 Å². The minimum Gasteiger partial charge on any atom is -0.453 e. The Balaban J connectivity index is 1.67. The van der Waals surface area contributed by atoms with Crippen molar-refractivity contribution in [2.45, 2.75) is 31.3 Å². The Kier molecular flexibility index (Phi) is 2.95. The molecule has 1 fully saturated rings. The highest BCUT2D eigenvalue weighted by atomic mass is 16.5. The molecule has 0 saturated heterocycles. The van der Waals surface area contributed by atoms with E-state index in [0.29, 0.717) is 0 Å². The van der Waals surface area contributed by atoms with E-state index in [1.54, 1.807) is 12.4 Å². The summed E-state index contributed by atoms with van der Waals surface area (Å²) in [5.41, 5.74) is 2.57. The molecule has 3 aromatic heterocycles. The fourth-order valence-corrected chi connectivity index (χ4v) is 3.24. The number of fused-ring (bicyclic) bond motifs is 3. The van der Waals surface area contributed by atoms with E-state index in [-0.39, 0.29) is 18.2 Å². The van der Waals surface area contributed by atoms with E-state index in [2.05, 4.69) is 35.0 Å². The van der Waals surface area contributed by atoms with Gasteiger partial charge in [-0.15, -0.1) is 0 Å². The van der Waals surface area contributed by atoms with Gasteiger partial charge in [0.15, 0.2) is 5.65 Å². The monoisotopic (exact) mass is 300 g/mol. The molecule has 1 saturated carbocycles. The number of rotatable bonds is 2. The van der Waals surface area contributed by atoms with Crippen molar-refractivity contribution in [1.29, 1.82) is 0 Å². The lowest BCUT2D eigenvalue weighted by molar-refractivity contribution is 0.166. The molecule has 1 amide bonds. The van der Waals surface area contributed by atoms with Gasteiger partial charge in [0.25, 0.3) is 0 Å². The number of aromatic amines is 1. The zero-order valence-corrected chi connectivity index (χ0v) is 12.1. The standard InChI is InChI=1S/C14H16N6O2/c1-22-14(21)17-8-2-3-9(6-8)20-12-10-4-5-15-13(10)16-7-11(12)18-19-20/h4-5,7-9,19H,2-3,6H2,1H3,(H,17,21)/t8-,9-/m0/s1. The van der Waals surface area contributed by atoms with Crippen molar-refractivity contribution in [3.8, 4) is 0 Å². The van der Waals surface area contributed by atoms with Crippen molar-refractivity contribution < 1.29 is 9.53 Å². The molecule has 0 unspecified atom stereocenters. The van der Waals surface area contributed by atoms with Gasteiger partial charge in [-0.3, -0.25) is 4.68 Å². The van der Waals surface area contributed by atoms with Gasteiger partial charge in [-0.25, -0.2) is 20.0 Å². The smallest absolute Gasteiger partial charge is 0.407 e. The van der Waals surface area contributed by atoms with Crippen LogP contribution in [0.3, 0.4) is 0 Å². The molecule has 0 spiro atoms. The molecule has 8 heteroatoms. The van der Waals surface area contributed by atoms with Crippen LogP contribution in [0.1, 0.15) is 25.3 Å². The Morgan fingerprint density at radius 2 is 2.36 bits per heavy atom. The lowest BCUT2D eigenvalue weighted by Crippen LogP contribution is -2.32. The number of hydrogen-bond acceptors (Lipinski definition) is 5. The highest BCUT2D eigenvalue weighted by molar-refractivity contribution is 6.00. The lowest BCUT2D eigenvalue weighted by atomic mass is 10.2. The summed E-state index contributed by atoms with van der Waals surface area (Å²) in [5.74, 6) is 0. The molecule has 114 valence electrons. The van der Waals surface area contributed by atoms with Crippen LogP contribution in [0, 0.1) is 0 Å². The SMILES string of the molecule is COC(=O)N[C@H]1CC[C@H](n2[nH]nc3cnc4nccc4c32)C1. The number of hydrogen-bond donors (Lipinski definition) is 2. The van der Waals surface area contributed by atoms with Gasteiger partial charge < -0.3 is 10.1 Å². The van der Waals surface area contributed by atoms with E-state index in [9.17, 15) is 4.79 Å². The van der Waals surface area contributed by atoms with Crippen LogP contribution in [-0.2, 0) is 4.74 Å². The van der Waals surface area contributed by atoms with E-state index in [4.69, 9.17) is 0 Å². The zero-order valence-electron chi connectivity index (χ0n) is 12.1. The van der Waals surface area contributed by atoms with Gasteiger partial charge >= 0.3 is 6.09 Å². The van der Waals surface area contributed by atoms with Crippen LogP contribution in [0.4, 0.5) is 4.79 Å². The molecule has 1 aliphatic carbocycles. The Morgan fingerprint density at radius 3 is 3.23 bits per heavy atom. The molecule has 1 aliphatic rings. The number of methoxy groups -OCH3 is 1. The second kappa shape index (κ2) is 4.97. The molecule has 0 bridgehead atoms. The van der Waals surface area contributed by atoms with Crippen molar-refractivity contribution in [3.63, 3.8) is 0 Å². The third kappa shape index (κ3) is 1.99. The average molecular weight is 300 g/mol. The molecule has 3 heterocycles. The molecule has 2 atom stereocenters. The fraction of sp³-hybridized carbons (Fsp3) is 0.429. The molecule has 22 heavy (non-hydrogen) atoms. The summed E-state index contributed by atoms with van der Waals surface area (Å²) in [7, 11) is 1.38. The number of H-pyrrole nitrogens is 1. The average Bonchev–Trinajstić information content (AvgIpc) is 3.24. The molecular formula is C14H16N6O2. The van der Waals surface area contributed by atoms with Crippen LogP contribution in [0.15, 0.2) is 18.5 Å². The maximum atomic E-state index is 11.3. The molecule has 2 N–H and O–H groups in total. The molecule has 0 aromatic carbocycles. The summed E-state index contributed by atoms with van der Waals surface area (Å²) < 4.78 is 6.73. The fourth-order valence-electron chi connectivity index (χ4n) is 3.24. The van der Waals surface area contributed by atoms with Crippen molar-refractivity contribution in [1.82, 2.24) is 30.3 Å². The number of amides is 1. The number of carbonyl (C=O) groups excluding carboxylic acids is 1. The zero-order chi connectivity index (χ0) is 15.1. The van der Waals surface area contributed by atoms with E-state index >= 15 is 0 Å². The maximum Gasteiger partial charge on any atom is 0.407 e. The van der Waals surface area contributed by atoms with Crippen LogP contribution < -0.4 is 5.32 Å². The highest BCUT2D eigenvalue weighted by Gasteiger charge is 2.29. The topological polar surface area (TPSA) is 97.7 Å². The predicted molar refractivity (Wildman–Crippen MR) is 79.4 cm³/mol. The summed E-state index contributed by atoms with van der Waals surface area (Å²) in [5, 5.41) is 11.3. The van der Waals surface area contributed by atoms with Crippen molar-refractivity contribution in [2.75, 3.05) is 7.11 Å². The Labute approximate surface area is 125 Å². The number of alkyl carbamates (subject to hydrolysis) is 1. The number of pyridine rings is 1. The van der Waals surface area contributed by atoms with Crippen LogP contribution in [0.2, 0.25) is 0 Å². The van der Waals surface area contributed by atoms with Gasteiger partial charge in [-0.2, -0.15) is 5.10 Å².